The van der Waals surface area contributed by atoms with Gasteiger partial charge in [0.1, 0.15) is 46.0 Å². The van der Waals surface area contributed by atoms with Crippen LogP contribution in [-0.4, -0.2) is 92.1 Å². The predicted octanol–water partition coefficient (Wildman–Crippen LogP) is 28.3. The number of pyridine rings is 4. The maximum atomic E-state index is 12.9. The van der Waals surface area contributed by atoms with Crippen LogP contribution in [0, 0.1) is 0 Å². The number of benzene rings is 12. The molecule has 4 aromatic heterocycles. The van der Waals surface area contributed by atoms with Gasteiger partial charge in [-0.05, 0) is 292 Å². The van der Waals surface area contributed by atoms with E-state index < -0.39 is 47.0 Å². The van der Waals surface area contributed by atoms with Gasteiger partial charge in [-0.15, -0.1) is 0 Å². The third-order valence-corrected chi connectivity index (χ3v) is 22.3. The molecule has 34 heteroatoms. The van der Waals surface area contributed by atoms with Crippen LogP contribution in [0.2, 0.25) is 0 Å². The zero-order chi connectivity index (χ0) is 102. The summed E-state index contributed by atoms with van der Waals surface area (Å²) in [5.41, 5.74) is 4.86. The Morgan fingerprint density at radius 2 is 0.504 bits per heavy atom. The first kappa shape index (κ1) is 105. The van der Waals surface area contributed by atoms with E-state index in [9.17, 15) is 75.7 Å². The van der Waals surface area contributed by atoms with Crippen molar-refractivity contribution in [3.05, 3.63) is 388 Å². The molecular weight excluding hydrogens is 1930 g/mol. The van der Waals surface area contributed by atoms with Crippen LogP contribution >= 0.6 is 28.1 Å². The Morgan fingerprint density at radius 1 is 0.298 bits per heavy atom. The Morgan fingerprint density at radius 3 is 0.702 bits per heavy atom. The standard InChI is InChI=1S/3C27H24F3N3O2.C25H18BrF3N2O2.CH3FS/c3*1-17(24-16-21(33(2)3)13-14-31-24)32-26(34)19-7-12-23-18(15-19)5-4-6-25(23)35-22-10-8-20(9-11-22)27(28,29)30;1-15(22-14-19(26)11-12-30-22)31-24(32)17-5-10-21-16(13-17)3-2-4-23(21)33-20-8-6-18(7-9-20)25(27,28)29;1-3-2/h3*4-17H,1-3H3,(H,32,34);2-15H,1H3,(H,31,32);1H3/t2*17-;;;/m10.../s1. The highest BCUT2D eigenvalue weighted by Crippen LogP contribution is 2.41. The lowest BCUT2D eigenvalue weighted by Gasteiger charge is -2.17. The van der Waals surface area contributed by atoms with Gasteiger partial charge in [-0.1, -0.05) is 64.5 Å². The van der Waals surface area contributed by atoms with Crippen molar-refractivity contribution in [2.45, 2.75) is 76.6 Å². The Labute approximate surface area is 816 Å². The number of ether oxygens (including phenoxy) is 4. The number of anilines is 3. The summed E-state index contributed by atoms with van der Waals surface area (Å²) >= 11 is 3.65. The van der Waals surface area contributed by atoms with E-state index in [-0.39, 0.29) is 82.9 Å². The molecule has 0 radical (unpaired) electrons. The van der Waals surface area contributed by atoms with E-state index in [1.54, 1.807) is 146 Å². The molecule has 16 aromatic rings. The van der Waals surface area contributed by atoms with Crippen molar-refractivity contribution in [2.75, 3.05) is 63.2 Å². The maximum absolute atomic E-state index is 12.9. The molecule has 141 heavy (non-hydrogen) atoms. The van der Waals surface area contributed by atoms with Crippen LogP contribution in [0.5, 0.6) is 46.0 Å². The van der Waals surface area contributed by atoms with Crippen LogP contribution in [0.1, 0.15) is 138 Å². The molecule has 2 unspecified atom stereocenters. The number of hydrogen-bond acceptors (Lipinski definition) is 16. The lowest BCUT2D eigenvalue weighted by atomic mass is 10.1. The summed E-state index contributed by atoms with van der Waals surface area (Å²) in [7, 11) is 11.6. The third kappa shape index (κ3) is 28.5. The summed E-state index contributed by atoms with van der Waals surface area (Å²) in [5, 5.41) is 17.8. The number of alkyl halides is 12. The zero-order valence-corrected chi connectivity index (χ0v) is 79.8. The van der Waals surface area contributed by atoms with E-state index in [1.165, 1.54) is 54.8 Å². The topological polar surface area (TPSA) is 215 Å². The Hall–Kier alpha value is -15.3. The number of carbonyl (C=O) groups excluding carboxylic acids is 4. The lowest BCUT2D eigenvalue weighted by Crippen LogP contribution is -2.27. The summed E-state index contributed by atoms with van der Waals surface area (Å²) in [6.07, 6.45) is -9.45. The van der Waals surface area contributed by atoms with Crippen molar-refractivity contribution in [2.24, 2.45) is 0 Å². The molecule has 0 saturated carbocycles. The van der Waals surface area contributed by atoms with Crippen molar-refractivity contribution < 1.29 is 94.7 Å². The van der Waals surface area contributed by atoms with Gasteiger partial charge in [0, 0.05) is 151 Å². The fraction of sp³-hybridized carbons (Fsp3) is 0.178. The summed E-state index contributed by atoms with van der Waals surface area (Å²) < 4.78 is 188. The van der Waals surface area contributed by atoms with Gasteiger partial charge in [-0.25, -0.2) is 0 Å². The SMILES string of the molecule is CC(NC(=O)c1ccc2c(Oc3ccc(C(F)(F)F)cc3)cccc2c1)c1cc(Br)ccn1.CC(NC(=O)c1ccc2c(Oc3ccc(C(F)(F)F)cc3)cccc2c1)c1cc(N(C)C)ccn1.CSF.C[C@@H](NC(=O)c1ccc2c(Oc3ccc(C(F)(F)F)cc3)cccc2c1)c1cc(N(C)C)ccn1.C[C@H](NC(=O)c1ccc2c(Oc3ccc(C(F)(F)F)cc3)cccc2c1)c1cc(N(C)C)ccn1. The van der Waals surface area contributed by atoms with Crippen LogP contribution in [0.15, 0.2) is 320 Å². The largest absolute Gasteiger partial charge is 0.457 e. The van der Waals surface area contributed by atoms with Gasteiger partial charge in [0.15, 0.2) is 0 Å². The molecule has 4 amide bonds. The Bertz CT molecular complexity index is 6570. The summed E-state index contributed by atoms with van der Waals surface area (Å²) in [5.74, 6) is 2.07. The van der Waals surface area contributed by atoms with E-state index in [1.807, 2.05) is 157 Å². The number of nitrogens with zero attached hydrogens (tertiary/aromatic N) is 7. The summed E-state index contributed by atoms with van der Waals surface area (Å²) in [6.45, 7) is 7.47. The fourth-order valence-electron chi connectivity index (χ4n) is 14.2. The maximum Gasteiger partial charge on any atom is 0.416 e. The van der Waals surface area contributed by atoms with E-state index in [2.05, 4.69) is 57.1 Å². The fourth-order valence-corrected chi connectivity index (χ4v) is 14.6. The average molecular weight is 2020 g/mol. The second kappa shape index (κ2) is 46.4. The number of halogens is 14. The minimum atomic E-state index is -4.41. The van der Waals surface area contributed by atoms with Crippen LogP contribution in [0.25, 0.3) is 43.1 Å². The second-order valence-electron chi connectivity index (χ2n) is 32.6. The molecule has 4 atom stereocenters. The van der Waals surface area contributed by atoms with Gasteiger partial charge < -0.3 is 54.9 Å². The van der Waals surface area contributed by atoms with Crippen molar-refractivity contribution in [3.8, 4) is 46.0 Å². The molecule has 728 valence electrons. The molecule has 0 aliphatic heterocycles. The van der Waals surface area contributed by atoms with Crippen LogP contribution < -0.4 is 54.9 Å². The van der Waals surface area contributed by atoms with Crippen molar-refractivity contribution in [1.29, 1.82) is 0 Å². The molecule has 0 saturated heterocycles. The highest BCUT2D eigenvalue weighted by atomic mass is 79.9. The van der Waals surface area contributed by atoms with Gasteiger partial charge in [-0.2, -0.15) is 56.6 Å². The Kier molecular flexibility index (Phi) is 34.4. The van der Waals surface area contributed by atoms with E-state index in [0.29, 0.717) is 45.3 Å². The summed E-state index contributed by atoms with van der Waals surface area (Å²) in [6, 6.07) is 74.1. The number of rotatable bonds is 23. The monoisotopic (exact) mass is 2020 g/mol. The third-order valence-electron chi connectivity index (χ3n) is 21.8. The van der Waals surface area contributed by atoms with Crippen molar-refractivity contribution in [3.63, 3.8) is 0 Å². The molecule has 4 N–H and O–H groups in total. The predicted molar refractivity (Wildman–Crippen MR) is 528 cm³/mol. The molecule has 0 aliphatic rings. The highest BCUT2D eigenvalue weighted by molar-refractivity contribution is 9.10. The summed E-state index contributed by atoms with van der Waals surface area (Å²) in [4.78, 5) is 74.8. The molecule has 4 heterocycles. The number of hydrogen-bond donors (Lipinski definition) is 4. The first-order chi connectivity index (χ1) is 67.0. The van der Waals surface area contributed by atoms with Crippen LogP contribution in [0.3, 0.4) is 0 Å². The van der Waals surface area contributed by atoms with Gasteiger partial charge >= 0.3 is 24.7 Å². The van der Waals surface area contributed by atoms with E-state index in [4.69, 9.17) is 18.9 Å². The quantitative estimate of drug-likeness (QED) is 0.0438. The number of nitrogens with one attached hydrogen (secondary N) is 4. The number of aromatic nitrogens is 4. The zero-order valence-electron chi connectivity index (χ0n) is 77.4. The van der Waals surface area contributed by atoms with Crippen LogP contribution in [-0.2, 0) is 24.7 Å². The molecule has 19 nitrogen and oxygen atoms in total. The lowest BCUT2D eigenvalue weighted by molar-refractivity contribution is -0.138. The molecule has 12 aromatic carbocycles. The number of carbonyl (C=O) groups is 4. The smallest absolute Gasteiger partial charge is 0.416 e. The van der Waals surface area contributed by atoms with Gasteiger partial charge in [0.05, 0.1) is 69.2 Å². The molecule has 0 fully saturated rings. The Balaban J connectivity index is 0.000000166. The first-order valence-corrected chi connectivity index (χ1v) is 45.3. The number of amides is 4. The molecular formula is C107H93BrF13N11O8S. The molecule has 0 spiro atoms. The van der Waals surface area contributed by atoms with E-state index in [0.717, 1.165) is 136 Å². The van der Waals surface area contributed by atoms with E-state index >= 15 is 0 Å². The second-order valence-corrected chi connectivity index (χ2v) is 33.8. The van der Waals surface area contributed by atoms with Gasteiger partial charge in [-0.3, -0.25) is 39.1 Å². The molecule has 16 rings (SSSR count). The van der Waals surface area contributed by atoms with Gasteiger partial charge in [0.2, 0.25) is 0 Å². The average Bonchev–Trinajstić information content (AvgIpc) is 0.805. The van der Waals surface area contributed by atoms with Gasteiger partial charge in [0.25, 0.3) is 23.6 Å². The first-order valence-electron chi connectivity index (χ1n) is 43.4. The minimum Gasteiger partial charge on any atom is -0.457 e. The van der Waals surface area contributed by atoms with Crippen molar-refractivity contribution >= 4 is 112 Å². The molecule has 0 aliphatic carbocycles. The van der Waals surface area contributed by atoms with Crippen LogP contribution in [0.4, 0.5) is 73.6 Å². The highest BCUT2D eigenvalue weighted by Gasteiger charge is 2.34. The van der Waals surface area contributed by atoms with Crippen molar-refractivity contribution in [1.82, 2.24) is 41.2 Å². The normalized spacial score (nSPS) is 12.2. The molecule has 0 bridgehead atoms. The minimum absolute atomic E-state index is 0.245. The number of fused-ring (bicyclic) bond motifs is 4.